The highest BCUT2D eigenvalue weighted by Crippen LogP contribution is 2.13. The third kappa shape index (κ3) is 4.32. The highest BCUT2D eigenvalue weighted by Gasteiger charge is 1.97. The molecule has 1 aromatic rings. The molecule has 1 N–H and O–H groups in total. The van der Waals surface area contributed by atoms with E-state index in [4.69, 9.17) is 4.74 Å². The van der Waals surface area contributed by atoms with Gasteiger partial charge in [0, 0.05) is 26.3 Å². The number of hydrogen-bond donors (Lipinski definition) is 1. The summed E-state index contributed by atoms with van der Waals surface area (Å²) in [5, 5.41) is 3.05. The van der Waals surface area contributed by atoms with Crippen LogP contribution in [0.4, 0.5) is 5.69 Å². The highest BCUT2D eigenvalue weighted by atomic mass is 16.5. The number of ether oxygens (including phenoxy) is 1. The van der Waals surface area contributed by atoms with Crippen LogP contribution in [0.2, 0.25) is 0 Å². The van der Waals surface area contributed by atoms with Crippen molar-refractivity contribution >= 4 is 5.69 Å². The molecule has 0 aliphatic rings. The number of anilines is 1. The Hall–Kier alpha value is -1.06. The van der Waals surface area contributed by atoms with Crippen molar-refractivity contribution in [3.8, 4) is 0 Å². The van der Waals surface area contributed by atoms with Crippen LogP contribution in [0.1, 0.15) is 5.56 Å². The quantitative estimate of drug-likeness (QED) is 0.717. The molecule has 3 nitrogen and oxygen atoms in total. The van der Waals surface area contributed by atoms with Crippen LogP contribution in [0, 0.1) is 0 Å². The molecule has 0 bridgehead atoms. The number of likely N-dealkylation sites (N-methyl/N-ethyl adjacent to an activating group) is 1. The van der Waals surface area contributed by atoms with Gasteiger partial charge in [0.15, 0.2) is 0 Å². The number of nitrogens with one attached hydrogen (secondary N) is 1. The summed E-state index contributed by atoms with van der Waals surface area (Å²) in [5.41, 5.74) is 2.43. The monoisotopic (exact) mass is 208 g/mol. The van der Waals surface area contributed by atoms with Gasteiger partial charge in [-0.1, -0.05) is 12.1 Å². The second-order valence-corrected chi connectivity index (χ2v) is 3.72. The van der Waals surface area contributed by atoms with Gasteiger partial charge in [0.2, 0.25) is 0 Å². The number of benzene rings is 1. The topological polar surface area (TPSA) is 24.5 Å². The van der Waals surface area contributed by atoms with Gasteiger partial charge >= 0.3 is 0 Å². The van der Waals surface area contributed by atoms with Gasteiger partial charge in [-0.05, 0) is 24.7 Å². The van der Waals surface area contributed by atoms with Crippen molar-refractivity contribution < 1.29 is 4.74 Å². The van der Waals surface area contributed by atoms with E-state index in [1.54, 1.807) is 0 Å². The largest absolute Gasteiger partial charge is 0.378 e. The Labute approximate surface area is 92.0 Å². The molecule has 1 aromatic carbocycles. The van der Waals surface area contributed by atoms with Crippen LogP contribution in [-0.4, -0.2) is 34.3 Å². The van der Waals surface area contributed by atoms with Crippen LogP contribution in [0.3, 0.4) is 0 Å². The van der Waals surface area contributed by atoms with Gasteiger partial charge < -0.3 is 15.0 Å². The Morgan fingerprint density at radius 2 is 2.13 bits per heavy atom. The van der Waals surface area contributed by atoms with E-state index in [0.29, 0.717) is 6.61 Å². The second-order valence-electron chi connectivity index (χ2n) is 3.72. The molecule has 0 heterocycles. The second kappa shape index (κ2) is 6.43. The Bertz CT molecular complexity index is 287. The molecule has 0 spiro atoms. The van der Waals surface area contributed by atoms with E-state index in [-0.39, 0.29) is 0 Å². The van der Waals surface area contributed by atoms with Gasteiger partial charge in [-0.2, -0.15) is 0 Å². The van der Waals surface area contributed by atoms with Crippen molar-refractivity contribution in [2.24, 2.45) is 0 Å². The predicted octanol–water partition coefficient (Wildman–Crippen LogP) is 1.49. The van der Waals surface area contributed by atoms with E-state index in [1.807, 2.05) is 21.1 Å². The number of rotatable bonds is 6. The standard InChI is InChI=1S/C12H20N2O/c1-13-7-8-15-10-11-5-4-6-12(9-11)14(2)3/h4-6,9,13H,7-8,10H2,1-3H3. The number of hydrogen-bond acceptors (Lipinski definition) is 3. The fourth-order valence-electron chi connectivity index (χ4n) is 1.29. The maximum absolute atomic E-state index is 5.51. The first-order valence-electron chi connectivity index (χ1n) is 5.22. The van der Waals surface area contributed by atoms with Gasteiger partial charge in [0.1, 0.15) is 0 Å². The molecule has 1 rings (SSSR count). The molecule has 0 aliphatic heterocycles. The van der Waals surface area contributed by atoms with Crippen LogP contribution in [0.25, 0.3) is 0 Å². The van der Waals surface area contributed by atoms with Crippen LogP contribution in [-0.2, 0) is 11.3 Å². The molecule has 0 unspecified atom stereocenters. The molecule has 0 fully saturated rings. The summed E-state index contributed by atoms with van der Waals surface area (Å²) in [6.07, 6.45) is 0. The zero-order valence-corrected chi connectivity index (χ0v) is 9.79. The third-order valence-corrected chi connectivity index (χ3v) is 2.19. The van der Waals surface area contributed by atoms with Crippen LogP contribution in [0.15, 0.2) is 24.3 Å². The van der Waals surface area contributed by atoms with Crippen molar-refractivity contribution in [3.63, 3.8) is 0 Å². The fraction of sp³-hybridized carbons (Fsp3) is 0.500. The zero-order chi connectivity index (χ0) is 11.1. The van der Waals surface area contributed by atoms with Gasteiger partial charge in [0.05, 0.1) is 13.2 Å². The first kappa shape index (κ1) is 12.0. The summed E-state index contributed by atoms with van der Waals surface area (Å²) >= 11 is 0. The van der Waals surface area contributed by atoms with E-state index < -0.39 is 0 Å². The smallest absolute Gasteiger partial charge is 0.0718 e. The summed E-state index contributed by atoms with van der Waals surface area (Å²) in [6.45, 7) is 2.33. The highest BCUT2D eigenvalue weighted by molar-refractivity contribution is 5.46. The van der Waals surface area contributed by atoms with Crippen molar-refractivity contribution in [3.05, 3.63) is 29.8 Å². The molecule has 3 heteroatoms. The molecule has 0 saturated heterocycles. The van der Waals surface area contributed by atoms with Crippen molar-refractivity contribution in [1.29, 1.82) is 0 Å². The Morgan fingerprint density at radius 3 is 2.80 bits per heavy atom. The minimum Gasteiger partial charge on any atom is -0.378 e. The van der Waals surface area contributed by atoms with Gasteiger partial charge in [0.25, 0.3) is 0 Å². The molecular weight excluding hydrogens is 188 g/mol. The van der Waals surface area contributed by atoms with Crippen molar-refractivity contribution in [2.45, 2.75) is 6.61 Å². The molecule has 0 atom stereocenters. The molecule has 0 amide bonds. The Balaban J connectivity index is 2.43. The first-order valence-corrected chi connectivity index (χ1v) is 5.22. The lowest BCUT2D eigenvalue weighted by Crippen LogP contribution is -2.14. The molecular formula is C12H20N2O. The summed E-state index contributed by atoms with van der Waals surface area (Å²) in [4.78, 5) is 2.09. The Kier molecular flexibility index (Phi) is 5.15. The van der Waals surface area contributed by atoms with Crippen LogP contribution >= 0.6 is 0 Å². The summed E-state index contributed by atoms with van der Waals surface area (Å²) in [6, 6.07) is 8.40. The maximum Gasteiger partial charge on any atom is 0.0718 e. The predicted molar refractivity (Wildman–Crippen MR) is 64.4 cm³/mol. The minimum atomic E-state index is 0.684. The van der Waals surface area contributed by atoms with Crippen molar-refractivity contribution in [1.82, 2.24) is 5.32 Å². The van der Waals surface area contributed by atoms with E-state index in [2.05, 4.69) is 34.5 Å². The van der Waals surface area contributed by atoms with Crippen LogP contribution in [0.5, 0.6) is 0 Å². The fourth-order valence-corrected chi connectivity index (χ4v) is 1.29. The van der Waals surface area contributed by atoms with Gasteiger partial charge in [-0.25, -0.2) is 0 Å². The van der Waals surface area contributed by atoms with E-state index in [9.17, 15) is 0 Å². The number of nitrogens with zero attached hydrogens (tertiary/aromatic N) is 1. The van der Waals surface area contributed by atoms with Crippen molar-refractivity contribution in [2.75, 3.05) is 39.2 Å². The molecule has 0 saturated carbocycles. The Morgan fingerprint density at radius 1 is 1.33 bits per heavy atom. The lowest BCUT2D eigenvalue weighted by molar-refractivity contribution is 0.124. The van der Waals surface area contributed by atoms with E-state index >= 15 is 0 Å². The molecule has 0 aromatic heterocycles. The summed E-state index contributed by atoms with van der Waals surface area (Å²) in [5.74, 6) is 0. The zero-order valence-electron chi connectivity index (χ0n) is 9.79. The van der Waals surface area contributed by atoms with Gasteiger partial charge in [-0.3, -0.25) is 0 Å². The normalized spacial score (nSPS) is 10.3. The minimum absolute atomic E-state index is 0.684. The van der Waals surface area contributed by atoms with E-state index in [0.717, 1.165) is 13.2 Å². The van der Waals surface area contributed by atoms with Crippen LogP contribution < -0.4 is 10.2 Å². The molecule has 0 aliphatic carbocycles. The lowest BCUT2D eigenvalue weighted by atomic mass is 10.2. The average Bonchev–Trinajstić information content (AvgIpc) is 2.25. The maximum atomic E-state index is 5.51. The van der Waals surface area contributed by atoms with E-state index in [1.165, 1.54) is 11.3 Å². The summed E-state index contributed by atoms with van der Waals surface area (Å²) in [7, 11) is 6.01. The van der Waals surface area contributed by atoms with Gasteiger partial charge in [-0.15, -0.1) is 0 Å². The summed E-state index contributed by atoms with van der Waals surface area (Å²) < 4.78 is 5.51. The molecule has 0 radical (unpaired) electrons. The molecule has 15 heavy (non-hydrogen) atoms. The third-order valence-electron chi connectivity index (χ3n) is 2.19. The SMILES string of the molecule is CNCCOCc1cccc(N(C)C)c1. The molecule has 84 valence electrons. The average molecular weight is 208 g/mol. The first-order chi connectivity index (χ1) is 7.24. The lowest BCUT2D eigenvalue weighted by Gasteiger charge is -2.13.